The molecule has 10 heteroatoms. The fourth-order valence-corrected chi connectivity index (χ4v) is 5.80. The van der Waals surface area contributed by atoms with Crippen molar-refractivity contribution < 1.29 is 14.3 Å². The van der Waals surface area contributed by atoms with Gasteiger partial charge < -0.3 is 21.5 Å². The molecule has 0 bridgehead atoms. The molecule has 0 saturated carbocycles. The second kappa shape index (κ2) is 7.93. The highest BCUT2D eigenvalue weighted by atomic mass is 32.1. The Morgan fingerprint density at radius 1 is 1.30 bits per heavy atom. The van der Waals surface area contributed by atoms with E-state index in [0.29, 0.717) is 20.8 Å². The zero-order chi connectivity index (χ0) is 21.4. The van der Waals surface area contributed by atoms with E-state index < -0.39 is 11.9 Å². The number of ether oxygens (including phenoxy) is 1. The van der Waals surface area contributed by atoms with Gasteiger partial charge >= 0.3 is 5.97 Å². The SMILES string of the molecule is CCOC(=O)c1c(NC(=O)c2sc3nc(N)c(C#N)cc3c2N)sc2c1CCCC2. The fourth-order valence-electron chi connectivity index (χ4n) is 3.55. The molecule has 1 aliphatic rings. The minimum atomic E-state index is -0.434. The van der Waals surface area contributed by atoms with Gasteiger partial charge in [-0.2, -0.15) is 5.26 Å². The van der Waals surface area contributed by atoms with Crippen molar-refractivity contribution in [2.75, 3.05) is 23.4 Å². The van der Waals surface area contributed by atoms with Crippen LogP contribution >= 0.6 is 22.7 Å². The molecular weight excluding hydrogens is 422 g/mol. The van der Waals surface area contributed by atoms with Crippen LogP contribution in [0.4, 0.5) is 16.5 Å². The number of nitrogens with zero attached hydrogens (tertiary/aromatic N) is 2. The van der Waals surface area contributed by atoms with E-state index in [1.54, 1.807) is 6.92 Å². The number of nitrogens with two attached hydrogens (primary N) is 2. The van der Waals surface area contributed by atoms with Crippen molar-refractivity contribution in [2.45, 2.75) is 32.6 Å². The van der Waals surface area contributed by atoms with E-state index in [1.165, 1.54) is 17.4 Å². The first-order valence-electron chi connectivity index (χ1n) is 9.46. The van der Waals surface area contributed by atoms with E-state index in [1.807, 2.05) is 6.07 Å². The summed E-state index contributed by atoms with van der Waals surface area (Å²) in [5.74, 6) is -0.768. The van der Waals surface area contributed by atoms with Crippen molar-refractivity contribution in [3.8, 4) is 6.07 Å². The number of nitrogens with one attached hydrogen (secondary N) is 1. The molecule has 3 aromatic rings. The predicted octanol–water partition coefficient (Wildman–Crippen LogP) is 3.70. The molecule has 0 radical (unpaired) electrons. The largest absolute Gasteiger partial charge is 0.462 e. The Kier molecular flexibility index (Phi) is 5.32. The Hall–Kier alpha value is -3.16. The van der Waals surface area contributed by atoms with Crippen LogP contribution in [0.3, 0.4) is 0 Å². The van der Waals surface area contributed by atoms with Gasteiger partial charge in [0, 0.05) is 10.3 Å². The number of carbonyl (C=O) groups excluding carboxylic acids is 2. The standard InChI is InChI=1S/C20H19N5O3S2/c1-2-28-20(27)13-10-5-3-4-6-12(10)29-19(13)25-17(26)15-14(22)11-7-9(8-21)16(23)24-18(11)30-15/h7H,2-6,22H2,1H3,(H2,23,24)(H,25,26). The molecule has 0 fully saturated rings. The molecule has 5 N–H and O–H groups in total. The lowest BCUT2D eigenvalue weighted by molar-refractivity contribution is 0.0526. The number of aryl methyl sites for hydroxylation is 1. The summed E-state index contributed by atoms with van der Waals surface area (Å²) in [6.45, 7) is 2.01. The van der Waals surface area contributed by atoms with Gasteiger partial charge in [-0.05, 0) is 44.2 Å². The molecule has 0 aliphatic heterocycles. The molecule has 4 rings (SSSR count). The monoisotopic (exact) mass is 441 g/mol. The van der Waals surface area contributed by atoms with E-state index >= 15 is 0 Å². The lowest BCUT2D eigenvalue weighted by Crippen LogP contribution is -2.15. The molecule has 0 unspecified atom stereocenters. The van der Waals surface area contributed by atoms with Crippen molar-refractivity contribution in [1.29, 1.82) is 5.26 Å². The lowest BCUT2D eigenvalue weighted by atomic mass is 9.95. The number of thiophene rings is 2. The summed E-state index contributed by atoms with van der Waals surface area (Å²) in [5, 5.41) is 13.0. The van der Waals surface area contributed by atoms with Gasteiger partial charge in [-0.3, -0.25) is 4.79 Å². The van der Waals surface area contributed by atoms with E-state index in [-0.39, 0.29) is 28.6 Å². The molecule has 30 heavy (non-hydrogen) atoms. The van der Waals surface area contributed by atoms with Crippen molar-refractivity contribution in [3.63, 3.8) is 0 Å². The molecule has 1 amide bonds. The zero-order valence-electron chi connectivity index (χ0n) is 16.2. The van der Waals surface area contributed by atoms with Gasteiger partial charge in [0.05, 0.1) is 23.4 Å². The van der Waals surface area contributed by atoms with Crippen molar-refractivity contribution >= 4 is 61.3 Å². The molecule has 1 aliphatic carbocycles. The van der Waals surface area contributed by atoms with Gasteiger partial charge in [-0.1, -0.05) is 0 Å². The smallest absolute Gasteiger partial charge is 0.341 e. The average molecular weight is 442 g/mol. The van der Waals surface area contributed by atoms with Crippen LogP contribution in [0.1, 0.15) is 55.8 Å². The maximum absolute atomic E-state index is 13.0. The van der Waals surface area contributed by atoms with E-state index in [0.717, 1.165) is 47.5 Å². The summed E-state index contributed by atoms with van der Waals surface area (Å²) in [4.78, 5) is 31.7. The molecular formula is C20H19N5O3S2. The van der Waals surface area contributed by atoms with Gasteiger partial charge in [0.2, 0.25) is 0 Å². The molecule has 8 nitrogen and oxygen atoms in total. The lowest BCUT2D eigenvalue weighted by Gasteiger charge is -2.12. The normalized spacial score (nSPS) is 12.9. The topological polar surface area (TPSA) is 144 Å². The number of rotatable bonds is 4. The molecule has 0 atom stereocenters. The molecule has 0 aromatic carbocycles. The van der Waals surface area contributed by atoms with E-state index in [2.05, 4.69) is 10.3 Å². The number of aromatic nitrogens is 1. The first-order chi connectivity index (χ1) is 14.4. The highest BCUT2D eigenvalue weighted by Crippen LogP contribution is 2.40. The quantitative estimate of drug-likeness (QED) is 0.523. The van der Waals surface area contributed by atoms with Crippen molar-refractivity contribution in [1.82, 2.24) is 4.98 Å². The minimum absolute atomic E-state index is 0.0914. The average Bonchev–Trinajstić information content (AvgIpc) is 3.24. The van der Waals surface area contributed by atoms with Crippen LogP contribution < -0.4 is 16.8 Å². The maximum Gasteiger partial charge on any atom is 0.341 e. The highest BCUT2D eigenvalue weighted by molar-refractivity contribution is 7.21. The molecule has 3 heterocycles. The number of amides is 1. The number of nitriles is 1. The van der Waals surface area contributed by atoms with Crippen molar-refractivity contribution in [3.05, 3.63) is 32.5 Å². The molecule has 3 aromatic heterocycles. The number of pyridine rings is 1. The van der Waals surface area contributed by atoms with Crippen LogP contribution in [0.25, 0.3) is 10.2 Å². The summed E-state index contributed by atoms with van der Waals surface area (Å²) in [6, 6.07) is 3.50. The Balaban J connectivity index is 1.72. The number of carbonyl (C=O) groups is 2. The van der Waals surface area contributed by atoms with Crippen LogP contribution in [-0.4, -0.2) is 23.5 Å². The maximum atomic E-state index is 13.0. The van der Waals surface area contributed by atoms with Crippen LogP contribution in [0, 0.1) is 11.3 Å². The minimum Gasteiger partial charge on any atom is -0.462 e. The van der Waals surface area contributed by atoms with Crippen LogP contribution in [0.5, 0.6) is 0 Å². The summed E-state index contributed by atoms with van der Waals surface area (Å²) in [7, 11) is 0. The Labute approximate surface area is 180 Å². The number of hydrogen-bond donors (Lipinski definition) is 3. The molecule has 0 saturated heterocycles. The van der Waals surface area contributed by atoms with E-state index in [4.69, 9.17) is 21.5 Å². The third-order valence-corrected chi connectivity index (χ3v) is 7.28. The summed E-state index contributed by atoms with van der Waals surface area (Å²) < 4.78 is 5.23. The van der Waals surface area contributed by atoms with Crippen molar-refractivity contribution in [2.24, 2.45) is 0 Å². The second-order valence-electron chi connectivity index (χ2n) is 6.82. The summed E-state index contributed by atoms with van der Waals surface area (Å²) in [6.07, 6.45) is 3.73. The zero-order valence-corrected chi connectivity index (χ0v) is 17.8. The highest BCUT2D eigenvalue weighted by Gasteiger charge is 2.28. The number of fused-ring (bicyclic) bond motifs is 2. The van der Waals surface area contributed by atoms with Gasteiger partial charge in [0.25, 0.3) is 5.91 Å². The number of esters is 1. The van der Waals surface area contributed by atoms with Crippen LogP contribution in [-0.2, 0) is 17.6 Å². The van der Waals surface area contributed by atoms with Gasteiger partial charge in [0.15, 0.2) is 0 Å². The first-order valence-corrected chi connectivity index (χ1v) is 11.1. The molecule has 154 valence electrons. The number of nitrogen functional groups attached to an aromatic ring is 2. The Morgan fingerprint density at radius 3 is 2.80 bits per heavy atom. The second-order valence-corrected chi connectivity index (χ2v) is 8.92. The fraction of sp³-hybridized carbons (Fsp3) is 0.300. The van der Waals surface area contributed by atoms with Gasteiger partial charge in [-0.25, -0.2) is 9.78 Å². The Bertz CT molecular complexity index is 1220. The van der Waals surface area contributed by atoms with Crippen LogP contribution in [0.2, 0.25) is 0 Å². The Morgan fingerprint density at radius 2 is 2.07 bits per heavy atom. The van der Waals surface area contributed by atoms with E-state index in [9.17, 15) is 9.59 Å². The molecule has 0 spiro atoms. The third-order valence-electron chi connectivity index (χ3n) is 4.96. The predicted molar refractivity (Wildman–Crippen MR) is 118 cm³/mol. The van der Waals surface area contributed by atoms with Gasteiger partial charge in [0.1, 0.15) is 26.6 Å². The number of anilines is 3. The first kappa shape index (κ1) is 20.1. The summed E-state index contributed by atoms with van der Waals surface area (Å²) >= 11 is 2.51. The van der Waals surface area contributed by atoms with Gasteiger partial charge in [-0.15, -0.1) is 22.7 Å². The van der Waals surface area contributed by atoms with Crippen LogP contribution in [0.15, 0.2) is 6.07 Å². The number of hydrogen-bond acceptors (Lipinski definition) is 9. The third kappa shape index (κ3) is 3.36. The summed E-state index contributed by atoms with van der Waals surface area (Å²) in [5.41, 5.74) is 13.8.